The normalized spacial score (nSPS) is 24.9. The van der Waals surface area contributed by atoms with Gasteiger partial charge in [-0.25, -0.2) is 4.79 Å². The van der Waals surface area contributed by atoms with Gasteiger partial charge in [0.1, 0.15) is 0 Å². The summed E-state index contributed by atoms with van der Waals surface area (Å²) in [5, 5.41) is 10.3. The highest BCUT2D eigenvalue weighted by Crippen LogP contribution is 2.50. The van der Waals surface area contributed by atoms with Crippen LogP contribution < -0.4 is 10.6 Å². The van der Waals surface area contributed by atoms with E-state index in [1.807, 2.05) is 44.2 Å². The Morgan fingerprint density at radius 2 is 1.94 bits per heavy atom. The minimum atomic E-state index is -0.226. The van der Waals surface area contributed by atoms with Gasteiger partial charge < -0.3 is 15.2 Å². The lowest BCUT2D eigenvalue weighted by molar-refractivity contribution is 0.234. The molecule has 2 aliphatic rings. The van der Waals surface area contributed by atoms with Crippen LogP contribution in [0.1, 0.15) is 35.7 Å². The van der Waals surface area contributed by atoms with Crippen LogP contribution in [0.4, 0.5) is 10.5 Å². The molecule has 1 aromatic heterocycles. The Morgan fingerprint density at radius 1 is 1.16 bits per heavy atom. The minimum Gasteiger partial charge on any atom is -0.339 e. The van der Waals surface area contributed by atoms with Crippen LogP contribution in [0.2, 0.25) is 0 Å². The molecule has 0 bridgehead atoms. The van der Waals surface area contributed by atoms with Crippen LogP contribution in [0.25, 0.3) is 0 Å². The zero-order valence-electron chi connectivity index (χ0n) is 18.5. The maximum Gasteiger partial charge on any atom is 0.319 e. The fourth-order valence-corrected chi connectivity index (χ4v) is 5.43. The first kappa shape index (κ1) is 20.7. The van der Waals surface area contributed by atoms with Crippen LogP contribution in [-0.2, 0) is 12.0 Å². The van der Waals surface area contributed by atoms with Gasteiger partial charge in [-0.15, -0.1) is 0 Å². The zero-order chi connectivity index (χ0) is 22.1. The van der Waals surface area contributed by atoms with E-state index < -0.39 is 0 Å². The number of urea groups is 1. The molecule has 0 radical (unpaired) electrons. The smallest absolute Gasteiger partial charge is 0.319 e. The van der Waals surface area contributed by atoms with Crippen LogP contribution in [0, 0.1) is 19.8 Å². The monoisotopic (exact) mass is 431 g/mol. The SMILES string of the molecule is Cc1noc([C@]23C[C@H](NC(=O)Nc4ccccc4C)C[C@H]2CN(Cc2ccccc2)C3)n1. The molecule has 1 aliphatic carbocycles. The summed E-state index contributed by atoms with van der Waals surface area (Å²) in [7, 11) is 0. The molecule has 2 aromatic carbocycles. The van der Waals surface area contributed by atoms with Crippen molar-refractivity contribution in [1.82, 2.24) is 20.4 Å². The van der Waals surface area contributed by atoms with Crippen molar-refractivity contribution in [1.29, 1.82) is 0 Å². The predicted molar refractivity (Wildman–Crippen MR) is 122 cm³/mol. The molecule has 0 unspecified atom stereocenters. The van der Waals surface area contributed by atoms with Crippen molar-refractivity contribution >= 4 is 11.7 Å². The van der Waals surface area contributed by atoms with E-state index in [9.17, 15) is 4.79 Å². The Morgan fingerprint density at radius 3 is 2.69 bits per heavy atom. The number of hydrogen-bond acceptors (Lipinski definition) is 5. The Labute approximate surface area is 188 Å². The number of likely N-dealkylation sites (tertiary alicyclic amines) is 1. The third-order valence-corrected chi connectivity index (χ3v) is 6.88. The molecule has 3 aromatic rings. The second-order valence-electron chi connectivity index (χ2n) is 9.21. The van der Waals surface area contributed by atoms with Crippen molar-refractivity contribution in [3.63, 3.8) is 0 Å². The highest BCUT2D eigenvalue weighted by molar-refractivity contribution is 5.90. The fraction of sp³-hybridized carbons (Fsp3) is 0.400. The Kier molecular flexibility index (Phi) is 5.43. The molecule has 166 valence electrons. The average molecular weight is 432 g/mol. The van der Waals surface area contributed by atoms with Crippen molar-refractivity contribution in [3.05, 3.63) is 77.4 Å². The van der Waals surface area contributed by atoms with Crippen LogP contribution >= 0.6 is 0 Å². The van der Waals surface area contributed by atoms with Gasteiger partial charge in [0.2, 0.25) is 5.89 Å². The molecule has 2 N–H and O–H groups in total. The van der Waals surface area contributed by atoms with E-state index in [0.29, 0.717) is 17.6 Å². The van der Waals surface area contributed by atoms with Gasteiger partial charge in [0.15, 0.2) is 5.82 Å². The third-order valence-electron chi connectivity index (χ3n) is 6.88. The molecule has 2 heterocycles. The first-order chi connectivity index (χ1) is 15.5. The largest absolute Gasteiger partial charge is 0.339 e. The molecule has 0 spiro atoms. The summed E-state index contributed by atoms with van der Waals surface area (Å²) in [4.78, 5) is 19.8. The van der Waals surface area contributed by atoms with Gasteiger partial charge in [-0.1, -0.05) is 53.7 Å². The van der Waals surface area contributed by atoms with Gasteiger partial charge in [-0.3, -0.25) is 4.90 Å². The van der Waals surface area contributed by atoms with Gasteiger partial charge in [-0.05, 0) is 49.8 Å². The van der Waals surface area contributed by atoms with Crippen molar-refractivity contribution < 1.29 is 9.32 Å². The second kappa shape index (κ2) is 8.39. The number of nitrogens with one attached hydrogen (secondary N) is 2. The summed E-state index contributed by atoms with van der Waals surface area (Å²) in [5.74, 6) is 1.72. The van der Waals surface area contributed by atoms with E-state index in [-0.39, 0.29) is 17.5 Å². The number of nitrogens with zero attached hydrogens (tertiary/aromatic N) is 3. The number of fused-ring (bicyclic) bond motifs is 1. The second-order valence-corrected chi connectivity index (χ2v) is 9.21. The van der Waals surface area contributed by atoms with Gasteiger partial charge >= 0.3 is 6.03 Å². The number of carbonyl (C=O) groups is 1. The Hall–Kier alpha value is -3.19. The number of carbonyl (C=O) groups excluding carboxylic acids is 1. The van der Waals surface area contributed by atoms with E-state index >= 15 is 0 Å². The lowest BCUT2D eigenvalue weighted by atomic mass is 9.80. The van der Waals surface area contributed by atoms with Crippen molar-refractivity contribution in [2.75, 3.05) is 18.4 Å². The quantitative estimate of drug-likeness (QED) is 0.637. The topological polar surface area (TPSA) is 83.3 Å². The summed E-state index contributed by atoms with van der Waals surface area (Å²) in [6.07, 6.45) is 1.69. The van der Waals surface area contributed by atoms with Crippen LogP contribution in [0.15, 0.2) is 59.1 Å². The van der Waals surface area contributed by atoms with E-state index in [2.05, 4.69) is 49.9 Å². The maximum atomic E-state index is 12.7. The molecule has 1 saturated heterocycles. The standard InChI is InChI=1S/C25H29N5O2/c1-17-8-6-7-11-22(17)28-24(31)27-21-12-20-15-30(14-19-9-4-3-5-10-19)16-25(20,13-21)23-26-18(2)29-32-23/h3-11,20-21H,12-16H2,1-2H3,(H2,27,28,31)/t20-,21+,25-/m0/s1. The summed E-state index contributed by atoms with van der Waals surface area (Å²) in [6, 6.07) is 18.2. The van der Waals surface area contributed by atoms with Crippen LogP contribution in [-0.4, -0.2) is 40.2 Å². The van der Waals surface area contributed by atoms with Gasteiger partial charge in [0.05, 0.1) is 5.41 Å². The molecule has 7 nitrogen and oxygen atoms in total. The molecular formula is C25H29N5O2. The maximum absolute atomic E-state index is 12.7. The molecule has 1 aliphatic heterocycles. The molecule has 1 saturated carbocycles. The molecular weight excluding hydrogens is 402 g/mol. The van der Waals surface area contributed by atoms with E-state index in [4.69, 9.17) is 4.52 Å². The highest BCUT2D eigenvalue weighted by atomic mass is 16.5. The van der Waals surface area contributed by atoms with Crippen LogP contribution in [0.3, 0.4) is 0 Å². The summed E-state index contributed by atoms with van der Waals surface area (Å²) in [5.41, 5.74) is 2.95. The fourth-order valence-electron chi connectivity index (χ4n) is 5.43. The van der Waals surface area contributed by atoms with Gasteiger partial charge in [-0.2, -0.15) is 4.98 Å². The molecule has 2 amide bonds. The van der Waals surface area contributed by atoms with Crippen LogP contribution in [0.5, 0.6) is 0 Å². The first-order valence-electron chi connectivity index (χ1n) is 11.2. The first-order valence-corrected chi connectivity index (χ1v) is 11.2. The Balaban J connectivity index is 1.30. The van der Waals surface area contributed by atoms with Crippen molar-refractivity contribution in [2.45, 2.75) is 44.7 Å². The summed E-state index contributed by atoms with van der Waals surface area (Å²) in [6.45, 7) is 6.55. The van der Waals surface area contributed by atoms with Crippen molar-refractivity contribution in [2.24, 2.45) is 5.92 Å². The number of hydrogen-bond donors (Lipinski definition) is 2. The van der Waals surface area contributed by atoms with Gasteiger partial charge in [0, 0.05) is 31.4 Å². The highest BCUT2D eigenvalue weighted by Gasteiger charge is 2.57. The number of aryl methyl sites for hydroxylation is 2. The summed E-state index contributed by atoms with van der Waals surface area (Å²) < 4.78 is 5.70. The number of anilines is 1. The lowest BCUT2D eigenvalue weighted by Crippen LogP contribution is -2.40. The number of para-hydroxylation sites is 1. The number of amides is 2. The number of rotatable bonds is 5. The predicted octanol–water partition coefficient (Wildman–Crippen LogP) is 4.04. The zero-order valence-corrected chi connectivity index (χ0v) is 18.5. The Bertz CT molecular complexity index is 1100. The van der Waals surface area contributed by atoms with E-state index in [1.165, 1.54) is 5.56 Å². The third kappa shape index (κ3) is 4.00. The number of aromatic nitrogens is 2. The molecule has 3 atom stereocenters. The number of benzene rings is 2. The lowest BCUT2D eigenvalue weighted by Gasteiger charge is -2.25. The molecule has 7 heteroatoms. The molecule has 5 rings (SSSR count). The molecule has 32 heavy (non-hydrogen) atoms. The molecule has 2 fully saturated rings. The van der Waals surface area contributed by atoms with Gasteiger partial charge in [0.25, 0.3) is 0 Å². The average Bonchev–Trinajstić information content (AvgIpc) is 3.43. The summed E-state index contributed by atoms with van der Waals surface area (Å²) >= 11 is 0. The van der Waals surface area contributed by atoms with E-state index in [1.54, 1.807) is 0 Å². The van der Waals surface area contributed by atoms with E-state index in [0.717, 1.165) is 43.7 Å². The minimum absolute atomic E-state index is 0.0649. The van der Waals surface area contributed by atoms with Crippen molar-refractivity contribution in [3.8, 4) is 0 Å².